The molecule has 8 heteroatoms. The Morgan fingerprint density at radius 2 is 1.58 bits per heavy atom. The van der Waals surface area contributed by atoms with Crippen LogP contribution >= 0.6 is 23.2 Å². The van der Waals surface area contributed by atoms with Gasteiger partial charge in [0.25, 0.3) is 0 Å². The van der Waals surface area contributed by atoms with Crippen molar-refractivity contribution in [3.63, 3.8) is 0 Å². The van der Waals surface area contributed by atoms with Gasteiger partial charge in [0.05, 0.1) is 12.0 Å². The predicted octanol–water partition coefficient (Wildman–Crippen LogP) is 7.16. The molecule has 0 spiro atoms. The minimum atomic E-state index is -1.25. The summed E-state index contributed by atoms with van der Waals surface area (Å²) in [6, 6.07) is 13.3. The zero-order valence-electron chi connectivity index (χ0n) is 21.7. The zero-order valence-corrected chi connectivity index (χ0v) is 23.2. The number of benzene rings is 2. The van der Waals surface area contributed by atoms with Crippen LogP contribution in [0.15, 0.2) is 42.5 Å². The molecule has 1 fully saturated rings. The van der Waals surface area contributed by atoms with E-state index in [0.717, 1.165) is 29.7 Å². The van der Waals surface area contributed by atoms with E-state index in [9.17, 15) is 9.59 Å². The SMILES string of the molecule is CC(C)(Oc1ccc(C2CC2(Cl)Cl)cc1)C(=O)O.Cc1ccc(C)c(OCCCC(C)(C)C(=O)O)c1. The molecule has 2 aromatic carbocycles. The minimum absolute atomic E-state index is 0.155. The summed E-state index contributed by atoms with van der Waals surface area (Å²) in [6.07, 6.45) is 2.11. The number of carbonyl (C=O) groups is 2. The van der Waals surface area contributed by atoms with Crippen LogP contribution in [0.5, 0.6) is 11.5 Å². The van der Waals surface area contributed by atoms with Crippen LogP contribution in [-0.4, -0.2) is 38.7 Å². The van der Waals surface area contributed by atoms with Gasteiger partial charge in [-0.15, -0.1) is 23.2 Å². The molecule has 1 aliphatic rings. The monoisotopic (exact) mass is 538 g/mol. The standard InChI is InChI=1S/C15H22O3.C13H14Cl2O3/c1-11-6-7-12(2)13(10-11)18-9-5-8-15(3,4)14(16)17;1-12(2,11(16)17)18-9-5-3-8(4-6-9)10-7-13(10,14)15/h6-7,10H,5,8-9H2,1-4H3,(H,16,17);3-6,10H,7H2,1-2H3,(H,16,17). The fourth-order valence-corrected chi connectivity index (χ4v) is 3.91. The number of aryl methyl sites for hydroxylation is 2. The summed E-state index contributed by atoms with van der Waals surface area (Å²) in [5, 5.41) is 18.0. The van der Waals surface area contributed by atoms with Crippen LogP contribution in [0.2, 0.25) is 0 Å². The topological polar surface area (TPSA) is 93.1 Å². The molecule has 0 bridgehead atoms. The van der Waals surface area contributed by atoms with Crippen LogP contribution in [0.1, 0.15) is 69.6 Å². The molecule has 2 N–H and O–H groups in total. The lowest BCUT2D eigenvalue weighted by Gasteiger charge is -2.21. The molecule has 0 saturated heterocycles. The van der Waals surface area contributed by atoms with Crippen molar-refractivity contribution in [1.82, 2.24) is 0 Å². The number of ether oxygens (including phenoxy) is 2. The Kier molecular flexibility index (Phi) is 9.71. The maximum atomic E-state index is 10.9. The van der Waals surface area contributed by atoms with E-state index < -0.39 is 27.3 Å². The van der Waals surface area contributed by atoms with E-state index in [1.54, 1.807) is 26.0 Å². The lowest BCUT2D eigenvalue weighted by atomic mass is 9.88. The molecule has 1 aliphatic carbocycles. The highest BCUT2D eigenvalue weighted by Crippen LogP contribution is 2.59. The van der Waals surface area contributed by atoms with Gasteiger partial charge in [0, 0.05) is 5.92 Å². The van der Waals surface area contributed by atoms with Gasteiger partial charge >= 0.3 is 11.9 Å². The number of aliphatic carboxylic acids is 2. The first kappa shape index (κ1) is 29.8. The van der Waals surface area contributed by atoms with Gasteiger partial charge in [0.1, 0.15) is 15.8 Å². The van der Waals surface area contributed by atoms with Gasteiger partial charge in [-0.3, -0.25) is 4.79 Å². The smallest absolute Gasteiger partial charge is 0.347 e. The fourth-order valence-electron chi connectivity index (χ4n) is 3.35. The summed E-state index contributed by atoms with van der Waals surface area (Å²) in [4.78, 5) is 21.9. The molecule has 36 heavy (non-hydrogen) atoms. The Labute approximate surface area is 223 Å². The number of carboxylic acid groups (broad SMARTS) is 2. The first-order valence-electron chi connectivity index (χ1n) is 11.9. The molecule has 1 unspecified atom stereocenters. The second-order valence-corrected chi connectivity index (χ2v) is 12.0. The van der Waals surface area contributed by atoms with Gasteiger partial charge in [-0.05, 0) is 95.7 Å². The average Bonchev–Trinajstić information content (AvgIpc) is 3.42. The summed E-state index contributed by atoms with van der Waals surface area (Å²) < 4.78 is 10.5. The molecule has 6 nitrogen and oxygen atoms in total. The molecule has 1 atom stereocenters. The van der Waals surface area contributed by atoms with Crippen molar-refractivity contribution in [3.8, 4) is 11.5 Å². The zero-order chi connectivity index (χ0) is 27.3. The number of rotatable bonds is 10. The van der Waals surface area contributed by atoms with E-state index in [4.69, 9.17) is 42.9 Å². The minimum Gasteiger partial charge on any atom is -0.493 e. The van der Waals surface area contributed by atoms with Crippen LogP contribution in [0.4, 0.5) is 0 Å². The van der Waals surface area contributed by atoms with Crippen molar-refractivity contribution < 1.29 is 29.3 Å². The summed E-state index contributed by atoms with van der Waals surface area (Å²) in [5.41, 5.74) is 1.40. The normalized spacial score (nSPS) is 16.4. The van der Waals surface area contributed by atoms with Crippen LogP contribution in [0.3, 0.4) is 0 Å². The highest BCUT2D eigenvalue weighted by atomic mass is 35.5. The summed E-state index contributed by atoms with van der Waals surface area (Å²) >= 11 is 12.0. The van der Waals surface area contributed by atoms with Gasteiger partial charge < -0.3 is 19.7 Å². The molecular formula is C28H36Cl2O6. The van der Waals surface area contributed by atoms with Gasteiger partial charge in [-0.2, -0.15) is 0 Å². The third kappa shape index (κ3) is 8.59. The van der Waals surface area contributed by atoms with E-state index in [0.29, 0.717) is 18.8 Å². The Bertz CT molecular complexity index is 1060. The summed E-state index contributed by atoms with van der Waals surface area (Å²) in [6.45, 7) is 11.1. The molecule has 0 heterocycles. The molecular weight excluding hydrogens is 503 g/mol. The van der Waals surface area contributed by atoms with Gasteiger partial charge in [0.2, 0.25) is 0 Å². The molecule has 198 valence electrons. The van der Waals surface area contributed by atoms with E-state index in [-0.39, 0.29) is 5.92 Å². The molecule has 0 aromatic heterocycles. The Morgan fingerprint density at radius 1 is 1.00 bits per heavy atom. The second kappa shape index (κ2) is 11.7. The third-order valence-electron chi connectivity index (χ3n) is 6.12. The van der Waals surface area contributed by atoms with Gasteiger partial charge in [0.15, 0.2) is 5.60 Å². The number of alkyl halides is 2. The first-order valence-corrected chi connectivity index (χ1v) is 12.6. The van der Waals surface area contributed by atoms with E-state index in [1.165, 1.54) is 19.4 Å². The van der Waals surface area contributed by atoms with Crippen molar-refractivity contribution in [3.05, 3.63) is 59.2 Å². The Hall–Kier alpha value is -2.44. The molecule has 2 aromatic rings. The van der Waals surface area contributed by atoms with E-state index >= 15 is 0 Å². The molecule has 0 amide bonds. The molecule has 0 radical (unpaired) electrons. The van der Waals surface area contributed by atoms with E-state index in [2.05, 4.69) is 6.07 Å². The van der Waals surface area contributed by atoms with Crippen LogP contribution in [-0.2, 0) is 9.59 Å². The van der Waals surface area contributed by atoms with Crippen LogP contribution < -0.4 is 9.47 Å². The van der Waals surface area contributed by atoms with Crippen molar-refractivity contribution in [2.75, 3.05) is 6.61 Å². The first-order chi connectivity index (χ1) is 16.5. The summed E-state index contributed by atoms with van der Waals surface area (Å²) in [7, 11) is 0. The number of hydrogen-bond donors (Lipinski definition) is 2. The number of halogens is 2. The highest BCUT2D eigenvalue weighted by molar-refractivity contribution is 6.51. The summed E-state index contributed by atoms with van der Waals surface area (Å²) in [5.74, 6) is -0.199. The third-order valence-corrected chi connectivity index (χ3v) is 6.96. The quantitative estimate of drug-likeness (QED) is 0.246. The van der Waals surface area contributed by atoms with E-state index in [1.807, 2.05) is 38.1 Å². The predicted molar refractivity (Wildman–Crippen MR) is 143 cm³/mol. The average molecular weight is 539 g/mol. The highest BCUT2D eigenvalue weighted by Gasteiger charge is 2.52. The van der Waals surface area contributed by atoms with Gasteiger partial charge in [-0.1, -0.05) is 24.3 Å². The second-order valence-electron chi connectivity index (χ2n) is 10.4. The number of hydrogen-bond acceptors (Lipinski definition) is 4. The van der Waals surface area contributed by atoms with Crippen LogP contribution in [0.25, 0.3) is 0 Å². The lowest BCUT2D eigenvalue weighted by Crippen LogP contribution is -2.37. The number of carboxylic acids is 2. The Balaban J connectivity index is 0.000000254. The van der Waals surface area contributed by atoms with Gasteiger partial charge in [-0.25, -0.2) is 4.79 Å². The van der Waals surface area contributed by atoms with Crippen molar-refractivity contribution in [1.29, 1.82) is 0 Å². The maximum Gasteiger partial charge on any atom is 0.347 e. The van der Waals surface area contributed by atoms with Crippen LogP contribution in [0, 0.1) is 19.3 Å². The van der Waals surface area contributed by atoms with Crippen molar-refractivity contribution in [2.24, 2.45) is 5.41 Å². The largest absolute Gasteiger partial charge is 0.493 e. The fraction of sp³-hybridized carbons (Fsp3) is 0.500. The lowest BCUT2D eigenvalue weighted by molar-refractivity contribution is -0.152. The molecule has 1 saturated carbocycles. The van der Waals surface area contributed by atoms with Crippen molar-refractivity contribution in [2.45, 2.75) is 76.7 Å². The molecule has 3 rings (SSSR count). The molecule has 0 aliphatic heterocycles. The maximum absolute atomic E-state index is 10.9. The Morgan fingerprint density at radius 3 is 2.08 bits per heavy atom. The van der Waals surface area contributed by atoms with Crippen molar-refractivity contribution >= 4 is 35.1 Å².